The SMILES string of the molecule is O=CNSS.O=[N+]([O-])c1cccc(S(=O)(=O)O)c1.O=[N+]([O-])c1cccc(S(=O)(=O)O)c1. The number of hydrogen-bond acceptors (Lipinski definition) is 11. The first kappa shape index (κ1) is 28.2. The van der Waals surface area contributed by atoms with Crippen molar-refractivity contribution in [2.75, 3.05) is 0 Å². The van der Waals surface area contributed by atoms with Gasteiger partial charge in [0.25, 0.3) is 31.6 Å². The first-order valence-corrected chi connectivity index (χ1v) is 11.9. The summed E-state index contributed by atoms with van der Waals surface area (Å²) in [5.41, 5.74) is -0.759. The zero-order valence-electron chi connectivity index (χ0n) is 14.8. The quantitative estimate of drug-likeness (QED) is 0.0823. The van der Waals surface area contributed by atoms with E-state index < -0.39 is 39.9 Å². The highest BCUT2D eigenvalue weighted by Crippen LogP contribution is 2.17. The maximum absolute atomic E-state index is 10.5. The minimum absolute atomic E-state index is 0.380. The molecule has 0 bridgehead atoms. The molecule has 0 heterocycles. The summed E-state index contributed by atoms with van der Waals surface area (Å²) >= 11 is 3.57. The number of nitrogens with one attached hydrogen (secondary N) is 1. The molecule has 2 rings (SSSR count). The molecule has 0 aromatic heterocycles. The fourth-order valence-corrected chi connectivity index (χ4v) is 2.75. The number of carbonyl (C=O) groups is 1. The standard InChI is InChI=1S/2C6H5NO5S.CH3NOS2/c2*8-7(9)5-2-1-3-6(4-5)13(10,11)12;3-1-2-5-4/h2*1-4H,(H,10,11,12);1,4H,(H,2,3). The smallest absolute Gasteiger partial charge is 0.294 e. The third kappa shape index (κ3) is 11.3. The summed E-state index contributed by atoms with van der Waals surface area (Å²) in [6.45, 7) is 0. The van der Waals surface area contributed by atoms with E-state index in [1.54, 1.807) is 0 Å². The monoisotopic (exact) mass is 515 g/mol. The molecule has 0 radical (unpaired) electrons. The Kier molecular flexibility index (Phi) is 11.7. The van der Waals surface area contributed by atoms with Crippen molar-refractivity contribution in [3.05, 3.63) is 68.8 Å². The van der Waals surface area contributed by atoms with E-state index in [0.29, 0.717) is 6.41 Å². The normalized spacial score (nSPS) is 10.4. The Hall–Kier alpha value is -2.77. The van der Waals surface area contributed by atoms with E-state index in [9.17, 15) is 41.9 Å². The minimum Gasteiger partial charge on any atom is -0.294 e. The average Bonchev–Trinajstić information content (AvgIpc) is 2.68. The van der Waals surface area contributed by atoms with Crippen molar-refractivity contribution in [1.29, 1.82) is 0 Å². The van der Waals surface area contributed by atoms with Crippen LogP contribution in [-0.4, -0.2) is 42.2 Å². The van der Waals surface area contributed by atoms with Crippen molar-refractivity contribution < 1.29 is 40.6 Å². The van der Waals surface area contributed by atoms with E-state index >= 15 is 0 Å². The van der Waals surface area contributed by atoms with Gasteiger partial charge in [-0.15, -0.1) is 0 Å². The number of nitro benzene ring substituents is 2. The van der Waals surface area contributed by atoms with Gasteiger partial charge in [-0.05, 0) is 12.1 Å². The maximum Gasteiger partial charge on any atom is 0.294 e. The van der Waals surface area contributed by atoms with Gasteiger partial charge in [-0.3, -0.25) is 38.9 Å². The van der Waals surface area contributed by atoms with Crippen LogP contribution in [0.1, 0.15) is 0 Å². The van der Waals surface area contributed by atoms with Crippen molar-refractivity contribution >= 4 is 60.7 Å². The molecule has 0 aliphatic rings. The average molecular weight is 516 g/mol. The molecule has 0 saturated carbocycles. The van der Waals surface area contributed by atoms with E-state index in [2.05, 4.69) is 16.4 Å². The lowest BCUT2D eigenvalue weighted by Gasteiger charge is -1.95. The van der Waals surface area contributed by atoms with Crippen molar-refractivity contribution in [3.63, 3.8) is 0 Å². The molecule has 0 aliphatic carbocycles. The summed E-state index contributed by atoms with van der Waals surface area (Å²) in [6.07, 6.45) is 0.567. The summed E-state index contributed by atoms with van der Waals surface area (Å²) in [7, 11) is -7.75. The fraction of sp³-hybridized carbons (Fsp3) is 0. The van der Waals surface area contributed by atoms with Gasteiger partial charge >= 0.3 is 0 Å². The van der Waals surface area contributed by atoms with E-state index in [4.69, 9.17) is 9.11 Å². The number of nitrogens with zero attached hydrogens (tertiary/aromatic N) is 2. The summed E-state index contributed by atoms with van der Waals surface area (Å²) in [6, 6.07) is 8.35. The zero-order valence-corrected chi connectivity index (χ0v) is 18.2. The molecule has 18 heteroatoms. The molecular formula is C13H13N3O11S4. The molecule has 0 atom stereocenters. The molecular weight excluding hydrogens is 502 g/mol. The van der Waals surface area contributed by atoms with Gasteiger partial charge in [0.1, 0.15) is 9.79 Å². The summed E-state index contributed by atoms with van der Waals surface area (Å²) in [5.74, 6) is 0. The van der Waals surface area contributed by atoms with Gasteiger partial charge in [-0.2, -0.15) is 16.8 Å². The Bertz CT molecular complexity index is 1050. The van der Waals surface area contributed by atoms with Crippen LogP contribution in [0.15, 0.2) is 58.3 Å². The van der Waals surface area contributed by atoms with Crippen LogP contribution >= 0.6 is 22.6 Å². The highest BCUT2D eigenvalue weighted by Gasteiger charge is 2.14. The molecule has 14 nitrogen and oxygen atoms in total. The van der Waals surface area contributed by atoms with Crippen molar-refractivity contribution in [3.8, 4) is 0 Å². The predicted molar refractivity (Wildman–Crippen MR) is 112 cm³/mol. The Morgan fingerprint density at radius 2 is 1.23 bits per heavy atom. The lowest BCUT2D eigenvalue weighted by atomic mass is 10.3. The molecule has 3 N–H and O–H groups in total. The van der Waals surface area contributed by atoms with E-state index in [-0.39, 0.29) is 11.4 Å². The van der Waals surface area contributed by atoms with Gasteiger partial charge in [-0.25, -0.2) is 0 Å². The first-order valence-electron chi connectivity index (χ1n) is 7.17. The van der Waals surface area contributed by atoms with Crippen molar-refractivity contribution in [2.45, 2.75) is 9.79 Å². The van der Waals surface area contributed by atoms with Gasteiger partial charge < -0.3 is 0 Å². The van der Waals surface area contributed by atoms with Crippen LogP contribution in [0.4, 0.5) is 11.4 Å². The number of nitro groups is 2. The van der Waals surface area contributed by atoms with Crippen LogP contribution in [0, 0.1) is 20.2 Å². The lowest BCUT2D eigenvalue weighted by molar-refractivity contribution is -0.385. The Morgan fingerprint density at radius 1 is 0.871 bits per heavy atom. The van der Waals surface area contributed by atoms with Crippen molar-refractivity contribution in [1.82, 2.24) is 4.72 Å². The zero-order chi connectivity index (χ0) is 24.2. The number of hydrogen-bond donors (Lipinski definition) is 4. The van der Waals surface area contributed by atoms with Crippen LogP contribution < -0.4 is 4.72 Å². The Morgan fingerprint density at radius 3 is 1.42 bits per heavy atom. The van der Waals surface area contributed by atoms with Gasteiger partial charge in [0.05, 0.1) is 9.85 Å². The number of rotatable bonds is 6. The predicted octanol–water partition coefficient (Wildman–Crippen LogP) is 1.91. The Labute approximate surface area is 184 Å². The van der Waals surface area contributed by atoms with Crippen LogP contribution in [0.3, 0.4) is 0 Å². The minimum atomic E-state index is -4.36. The molecule has 1 amide bonds. The third-order valence-corrected chi connectivity index (χ3v) is 4.97. The van der Waals surface area contributed by atoms with Crippen LogP contribution in [0.2, 0.25) is 0 Å². The fourth-order valence-electron chi connectivity index (χ4n) is 1.54. The van der Waals surface area contributed by atoms with E-state index in [0.717, 1.165) is 47.4 Å². The number of benzene rings is 2. The molecule has 31 heavy (non-hydrogen) atoms. The van der Waals surface area contributed by atoms with Crippen molar-refractivity contribution in [2.24, 2.45) is 0 Å². The first-order chi connectivity index (χ1) is 14.2. The molecule has 0 saturated heterocycles. The highest BCUT2D eigenvalue weighted by molar-refractivity contribution is 8.67. The molecule has 0 fully saturated rings. The molecule has 0 aliphatic heterocycles. The summed E-state index contributed by atoms with van der Waals surface area (Å²) < 4.78 is 61.5. The molecule has 2 aromatic rings. The summed E-state index contributed by atoms with van der Waals surface area (Å²) in [4.78, 5) is 27.2. The van der Waals surface area contributed by atoms with Gasteiger partial charge in [0.2, 0.25) is 6.41 Å². The Balaban J connectivity index is 0.000000479. The topological polar surface area (TPSA) is 224 Å². The largest absolute Gasteiger partial charge is 0.294 e. The van der Waals surface area contributed by atoms with Crippen LogP contribution in [0.5, 0.6) is 0 Å². The molecule has 170 valence electrons. The number of non-ortho nitro benzene ring substituents is 2. The van der Waals surface area contributed by atoms with Gasteiger partial charge in [-0.1, -0.05) is 23.8 Å². The second-order valence-electron chi connectivity index (χ2n) is 4.79. The number of carbonyl (C=O) groups excluding carboxylic acids is 1. The summed E-state index contributed by atoms with van der Waals surface area (Å²) in [5, 5.41) is 20.4. The molecule has 2 aromatic carbocycles. The second kappa shape index (κ2) is 12.8. The highest BCUT2D eigenvalue weighted by atomic mass is 33.1. The van der Waals surface area contributed by atoms with E-state index in [1.807, 2.05) is 0 Å². The van der Waals surface area contributed by atoms with Gasteiger partial charge in [0.15, 0.2) is 0 Å². The van der Waals surface area contributed by atoms with Gasteiger partial charge in [0, 0.05) is 35.2 Å². The third-order valence-electron chi connectivity index (χ3n) is 2.75. The molecule has 0 unspecified atom stereocenters. The number of thiol groups is 1. The van der Waals surface area contributed by atoms with Crippen LogP contribution in [-0.2, 0) is 25.0 Å². The van der Waals surface area contributed by atoms with Crippen LogP contribution in [0.25, 0.3) is 0 Å². The second-order valence-corrected chi connectivity index (χ2v) is 8.60. The maximum atomic E-state index is 10.5. The molecule has 0 spiro atoms. The lowest BCUT2D eigenvalue weighted by Crippen LogP contribution is -1.98. The van der Waals surface area contributed by atoms with E-state index in [1.165, 1.54) is 12.1 Å². The number of amides is 1.